The predicted molar refractivity (Wildman–Crippen MR) is 93.6 cm³/mol. The Bertz CT molecular complexity index is 903. The highest BCUT2D eigenvalue weighted by atomic mass is 79.9. The highest BCUT2D eigenvalue weighted by molar-refractivity contribution is 9.10. The van der Waals surface area contributed by atoms with Gasteiger partial charge >= 0.3 is 0 Å². The molecule has 23 heavy (non-hydrogen) atoms. The van der Waals surface area contributed by atoms with Crippen LogP contribution in [0.25, 0.3) is 5.65 Å². The first-order chi connectivity index (χ1) is 11.2. The fourth-order valence-corrected chi connectivity index (χ4v) is 3.15. The van der Waals surface area contributed by atoms with Crippen molar-refractivity contribution in [3.8, 4) is 0 Å². The minimum atomic E-state index is 0.0845. The average molecular weight is 371 g/mol. The number of hydrogen-bond donors (Lipinski definition) is 2. The number of pyridine rings is 1. The van der Waals surface area contributed by atoms with Crippen LogP contribution in [0, 0.1) is 0 Å². The lowest BCUT2D eigenvalue weighted by molar-refractivity contribution is -0.116. The second kappa shape index (κ2) is 5.70. The Morgan fingerprint density at radius 3 is 3.09 bits per heavy atom. The Balaban J connectivity index is 1.55. The van der Waals surface area contributed by atoms with Crippen LogP contribution in [0.15, 0.2) is 47.2 Å². The van der Waals surface area contributed by atoms with Crippen LogP contribution in [0.3, 0.4) is 0 Å². The lowest BCUT2D eigenvalue weighted by Crippen LogP contribution is -2.19. The van der Waals surface area contributed by atoms with Crippen LogP contribution in [0.2, 0.25) is 0 Å². The number of benzene rings is 1. The van der Waals surface area contributed by atoms with Crippen molar-refractivity contribution >= 4 is 38.9 Å². The number of aryl methyl sites for hydroxylation is 1. The van der Waals surface area contributed by atoms with Crippen LogP contribution < -0.4 is 10.6 Å². The number of nitrogens with zero attached hydrogens (tertiary/aromatic N) is 2. The first-order valence-corrected chi connectivity index (χ1v) is 8.26. The second-order valence-electron chi connectivity index (χ2n) is 5.60. The first-order valence-electron chi connectivity index (χ1n) is 7.47. The number of halogens is 1. The maximum absolute atomic E-state index is 11.5. The zero-order valence-corrected chi connectivity index (χ0v) is 13.9. The van der Waals surface area contributed by atoms with Crippen molar-refractivity contribution in [3.05, 3.63) is 58.5 Å². The van der Waals surface area contributed by atoms with E-state index in [4.69, 9.17) is 0 Å². The average Bonchev–Trinajstić information content (AvgIpc) is 2.94. The SMILES string of the molecule is O=C1CCc2ccc(NCc3cnc4ccc(Br)cn34)cc2N1. The molecule has 1 aliphatic rings. The number of carbonyl (C=O) groups is 1. The summed E-state index contributed by atoms with van der Waals surface area (Å²) in [6.45, 7) is 0.657. The van der Waals surface area contributed by atoms with Gasteiger partial charge in [0, 0.05) is 28.5 Å². The van der Waals surface area contributed by atoms with E-state index in [0.29, 0.717) is 13.0 Å². The number of fused-ring (bicyclic) bond motifs is 2. The van der Waals surface area contributed by atoms with Gasteiger partial charge < -0.3 is 15.0 Å². The summed E-state index contributed by atoms with van der Waals surface area (Å²) in [6, 6.07) is 10.1. The van der Waals surface area contributed by atoms with Gasteiger partial charge in [-0.1, -0.05) is 6.07 Å². The molecule has 5 nitrogen and oxygen atoms in total. The third kappa shape index (κ3) is 2.82. The van der Waals surface area contributed by atoms with E-state index in [9.17, 15) is 4.79 Å². The van der Waals surface area contributed by atoms with Crippen LogP contribution >= 0.6 is 15.9 Å². The van der Waals surface area contributed by atoms with Crippen molar-refractivity contribution < 1.29 is 4.79 Å². The number of nitrogens with one attached hydrogen (secondary N) is 2. The summed E-state index contributed by atoms with van der Waals surface area (Å²) < 4.78 is 3.07. The summed E-state index contributed by atoms with van der Waals surface area (Å²) in [5.74, 6) is 0.0845. The highest BCUT2D eigenvalue weighted by Gasteiger charge is 2.14. The Morgan fingerprint density at radius 1 is 1.26 bits per heavy atom. The zero-order chi connectivity index (χ0) is 15.8. The van der Waals surface area contributed by atoms with Gasteiger partial charge in [-0.15, -0.1) is 0 Å². The van der Waals surface area contributed by atoms with Gasteiger partial charge in [0.25, 0.3) is 0 Å². The molecule has 3 aromatic rings. The number of anilines is 2. The van der Waals surface area contributed by atoms with Gasteiger partial charge in [0.05, 0.1) is 18.4 Å². The number of amides is 1. The summed E-state index contributed by atoms with van der Waals surface area (Å²) in [5.41, 5.74) is 5.07. The molecule has 0 saturated heterocycles. The second-order valence-corrected chi connectivity index (χ2v) is 6.51. The van der Waals surface area contributed by atoms with Crippen molar-refractivity contribution in [1.82, 2.24) is 9.38 Å². The predicted octanol–water partition coefficient (Wildman–Crippen LogP) is 3.59. The smallest absolute Gasteiger partial charge is 0.224 e. The maximum atomic E-state index is 11.5. The van der Waals surface area contributed by atoms with Crippen molar-refractivity contribution in [2.45, 2.75) is 19.4 Å². The third-order valence-corrected chi connectivity index (χ3v) is 4.49. The monoisotopic (exact) mass is 370 g/mol. The Hall–Kier alpha value is -2.34. The number of carbonyl (C=O) groups excluding carboxylic acids is 1. The van der Waals surface area contributed by atoms with Crippen LogP contribution in [0.1, 0.15) is 17.7 Å². The molecule has 2 N–H and O–H groups in total. The summed E-state index contributed by atoms with van der Waals surface area (Å²) in [5, 5.41) is 6.32. The summed E-state index contributed by atoms with van der Waals surface area (Å²) in [6.07, 6.45) is 5.25. The maximum Gasteiger partial charge on any atom is 0.224 e. The molecule has 0 atom stereocenters. The fourth-order valence-electron chi connectivity index (χ4n) is 2.81. The molecular weight excluding hydrogens is 356 g/mol. The van der Waals surface area contributed by atoms with Gasteiger partial charge in [-0.2, -0.15) is 0 Å². The molecule has 0 aliphatic carbocycles. The highest BCUT2D eigenvalue weighted by Crippen LogP contribution is 2.26. The molecule has 0 saturated carbocycles. The molecule has 1 aromatic carbocycles. The van der Waals surface area contributed by atoms with Gasteiger partial charge in [0.2, 0.25) is 5.91 Å². The van der Waals surface area contributed by atoms with Crippen LogP contribution in [-0.4, -0.2) is 15.3 Å². The van der Waals surface area contributed by atoms with Crippen LogP contribution in [0.5, 0.6) is 0 Å². The molecule has 116 valence electrons. The molecule has 0 fully saturated rings. The molecule has 1 aliphatic heterocycles. The molecule has 0 unspecified atom stereocenters. The standard InChI is InChI=1S/C17H15BrN4O/c18-12-3-5-16-20-9-14(22(16)10-12)8-19-13-4-1-11-2-6-17(23)21-15(11)7-13/h1,3-5,7,9-10,19H,2,6,8H2,(H,21,23). The minimum absolute atomic E-state index is 0.0845. The van der Waals surface area contributed by atoms with Crippen molar-refractivity contribution in [2.24, 2.45) is 0 Å². The van der Waals surface area contributed by atoms with Gasteiger partial charge in [-0.05, 0) is 52.2 Å². The molecule has 3 heterocycles. The van der Waals surface area contributed by atoms with E-state index in [2.05, 4.69) is 48.1 Å². The third-order valence-electron chi connectivity index (χ3n) is 4.03. The molecule has 1 amide bonds. The quantitative estimate of drug-likeness (QED) is 0.740. The van der Waals surface area contributed by atoms with Gasteiger partial charge in [-0.3, -0.25) is 4.79 Å². The number of hydrogen-bond acceptors (Lipinski definition) is 3. The van der Waals surface area contributed by atoms with Gasteiger partial charge in [0.15, 0.2) is 0 Å². The van der Waals surface area contributed by atoms with E-state index in [1.165, 1.54) is 5.56 Å². The van der Waals surface area contributed by atoms with E-state index >= 15 is 0 Å². The molecule has 4 rings (SSSR count). The molecule has 6 heteroatoms. The topological polar surface area (TPSA) is 58.4 Å². The summed E-state index contributed by atoms with van der Waals surface area (Å²) >= 11 is 3.48. The van der Waals surface area contributed by atoms with Gasteiger partial charge in [-0.25, -0.2) is 4.98 Å². The molecule has 2 aromatic heterocycles. The number of aromatic nitrogens is 2. The van der Waals surface area contributed by atoms with E-state index in [-0.39, 0.29) is 5.91 Å². The lowest BCUT2D eigenvalue weighted by Gasteiger charge is -2.18. The summed E-state index contributed by atoms with van der Waals surface area (Å²) in [7, 11) is 0. The largest absolute Gasteiger partial charge is 0.379 e. The summed E-state index contributed by atoms with van der Waals surface area (Å²) in [4.78, 5) is 15.9. The minimum Gasteiger partial charge on any atom is -0.379 e. The molecular formula is C17H15BrN4O. The van der Waals surface area contributed by atoms with Crippen molar-refractivity contribution in [1.29, 1.82) is 0 Å². The lowest BCUT2D eigenvalue weighted by atomic mass is 10.0. The van der Waals surface area contributed by atoms with E-state index in [1.807, 2.05) is 30.6 Å². The Morgan fingerprint density at radius 2 is 2.17 bits per heavy atom. The molecule has 0 radical (unpaired) electrons. The van der Waals surface area contributed by atoms with Crippen LogP contribution in [0.4, 0.5) is 11.4 Å². The fraction of sp³-hybridized carbons (Fsp3) is 0.176. The van der Waals surface area contributed by atoms with Gasteiger partial charge in [0.1, 0.15) is 5.65 Å². The molecule has 0 bridgehead atoms. The van der Waals surface area contributed by atoms with Crippen molar-refractivity contribution in [2.75, 3.05) is 10.6 Å². The molecule has 0 spiro atoms. The first kappa shape index (κ1) is 14.3. The number of rotatable bonds is 3. The number of imidazole rings is 1. The van der Waals surface area contributed by atoms with E-state index in [1.54, 1.807) is 0 Å². The Labute approximate surface area is 141 Å². The van der Waals surface area contributed by atoms with Crippen LogP contribution in [-0.2, 0) is 17.8 Å². The van der Waals surface area contributed by atoms with E-state index < -0.39 is 0 Å². The normalized spacial score (nSPS) is 13.7. The van der Waals surface area contributed by atoms with Crippen molar-refractivity contribution in [3.63, 3.8) is 0 Å². The zero-order valence-electron chi connectivity index (χ0n) is 12.3. The Kier molecular flexibility index (Phi) is 3.53. The van der Waals surface area contributed by atoms with E-state index in [0.717, 1.165) is 33.6 Å².